The van der Waals surface area contributed by atoms with Gasteiger partial charge in [-0.15, -0.1) is 0 Å². The van der Waals surface area contributed by atoms with Crippen LogP contribution < -0.4 is 29.0 Å². The molecule has 2 nitrogen and oxygen atoms in total. The van der Waals surface area contributed by atoms with Gasteiger partial charge >= 0.3 is 5.89 Å². The molecule has 1 N–H and O–H groups in total. The summed E-state index contributed by atoms with van der Waals surface area (Å²) in [6.45, 7) is 0. The molecule has 0 bridgehead atoms. The van der Waals surface area contributed by atoms with Crippen molar-refractivity contribution in [1.82, 2.24) is 0 Å². The minimum Gasteiger partial charge on any atom is -1.00 e. The zero-order valence-corrected chi connectivity index (χ0v) is 8.49. The van der Waals surface area contributed by atoms with Crippen molar-refractivity contribution in [3.63, 3.8) is 0 Å². The predicted molar refractivity (Wildman–Crippen MR) is 40.7 cm³/mol. The summed E-state index contributed by atoms with van der Waals surface area (Å²) in [4.78, 5) is 2.99. The van der Waals surface area contributed by atoms with Crippen molar-refractivity contribution in [1.29, 1.82) is 0 Å². The van der Waals surface area contributed by atoms with Crippen LogP contribution in [-0.2, 0) is 0 Å². The lowest BCUT2D eigenvalue weighted by Gasteiger charge is -1.86. The van der Waals surface area contributed by atoms with Gasteiger partial charge in [-0.3, -0.25) is 0 Å². The summed E-state index contributed by atoms with van der Waals surface area (Å²) in [7, 11) is 0. The summed E-state index contributed by atoms with van der Waals surface area (Å²) >= 11 is 0. The quantitative estimate of drug-likeness (QED) is 0.597. The van der Waals surface area contributed by atoms with Crippen molar-refractivity contribution in [2.45, 2.75) is 0 Å². The smallest absolute Gasteiger partial charge is 0.378 e. The third-order valence-electron chi connectivity index (χ3n) is 1.50. The van der Waals surface area contributed by atoms with Crippen LogP contribution in [0.25, 0.3) is 11.5 Å². The Bertz CT molecular complexity index is 318. The van der Waals surface area contributed by atoms with Crippen molar-refractivity contribution in [3.05, 3.63) is 42.8 Å². The fourth-order valence-corrected chi connectivity index (χ4v) is 0.987. The summed E-state index contributed by atoms with van der Waals surface area (Å²) < 4.78 is 5.16. The van der Waals surface area contributed by atoms with E-state index < -0.39 is 0 Å². The van der Waals surface area contributed by atoms with Crippen molar-refractivity contribution < 1.29 is 33.4 Å². The van der Waals surface area contributed by atoms with Crippen LogP contribution in [0.2, 0.25) is 0 Å². The highest BCUT2D eigenvalue weighted by Crippen LogP contribution is 2.11. The second-order valence-corrected chi connectivity index (χ2v) is 2.26. The van der Waals surface area contributed by atoms with E-state index in [0.29, 0.717) is 0 Å². The van der Waals surface area contributed by atoms with Crippen molar-refractivity contribution in [2.24, 2.45) is 0 Å². The summed E-state index contributed by atoms with van der Waals surface area (Å²) in [5.41, 5.74) is 1.07. The molecule has 1 aromatic heterocycles. The molecule has 3 heteroatoms. The molecule has 0 amide bonds. The summed E-state index contributed by atoms with van der Waals surface area (Å²) in [5, 5.41) is 0. The van der Waals surface area contributed by atoms with E-state index in [9.17, 15) is 0 Å². The molecule has 0 aliphatic carbocycles. The molecule has 2 aromatic rings. The molecule has 0 spiro atoms. The van der Waals surface area contributed by atoms with Gasteiger partial charge in [-0.2, -0.15) is 4.98 Å². The Balaban J connectivity index is 0.000000720. The first-order chi connectivity index (χ1) is 5.47. The highest BCUT2D eigenvalue weighted by molar-refractivity contribution is 5.48. The average molecular weight is 273 g/mol. The number of halogens is 1. The number of hydrogen-bond donors (Lipinski definition) is 0. The van der Waals surface area contributed by atoms with Gasteiger partial charge in [0, 0.05) is 0 Å². The number of benzene rings is 1. The SMILES string of the molecule is [I-].c1ccc(-c2[nH+]cco2)cc1. The maximum atomic E-state index is 5.16. The maximum absolute atomic E-state index is 5.16. The van der Waals surface area contributed by atoms with Crippen LogP contribution in [-0.4, -0.2) is 0 Å². The highest BCUT2D eigenvalue weighted by atomic mass is 127. The minimum absolute atomic E-state index is 0. The fraction of sp³-hybridized carbons (Fsp3) is 0. The Morgan fingerprint density at radius 1 is 1.08 bits per heavy atom. The van der Waals surface area contributed by atoms with Gasteiger partial charge in [-0.25, -0.2) is 0 Å². The molecular formula is C9H8INO. The van der Waals surface area contributed by atoms with Crippen LogP contribution in [0.5, 0.6) is 0 Å². The molecule has 0 saturated heterocycles. The van der Waals surface area contributed by atoms with E-state index in [1.54, 1.807) is 12.5 Å². The van der Waals surface area contributed by atoms with Crippen LogP contribution in [0.1, 0.15) is 0 Å². The van der Waals surface area contributed by atoms with Gasteiger partial charge in [0.05, 0.1) is 5.56 Å². The third kappa shape index (κ3) is 1.85. The van der Waals surface area contributed by atoms with E-state index in [4.69, 9.17) is 4.42 Å². The first-order valence-corrected chi connectivity index (χ1v) is 3.47. The maximum Gasteiger partial charge on any atom is 0.378 e. The average Bonchev–Trinajstić information content (AvgIpc) is 2.58. The Morgan fingerprint density at radius 3 is 2.42 bits per heavy atom. The van der Waals surface area contributed by atoms with Crippen LogP contribution in [0, 0.1) is 0 Å². The predicted octanol–water partition coefficient (Wildman–Crippen LogP) is -1.24. The Hall–Kier alpha value is -0.840. The van der Waals surface area contributed by atoms with Crippen LogP contribution in [0.4, 0.5) is 0 Å². The lowest BCUT2D eigenvalue weighted by molar-refractivity contribution is -0.368. The van der Waals surface area contributed by atoms with Gasteiger partial charge in [0.2, 0.25) is 6.20 Å². The fourth-order valence-electron chi connectivity index (χ4n) is 0.987. The van der Waals surface area contributed by atoms with E-state index >= 15 is 0 Å². The standard InChI is InChI=1S/C9H7NO.HI/c1-2-4-8(5-3-1)9-10-6-7-11-9;/h1-7H;1H. The van der Waals surface area contributed by atoms with Gasteiger partial charge < -0.3 is 28.4 Å². The molecule has 0 aliphatic heterocycles. The lowest BCUT2D eigenvalue weighted by atomic mass is 10.2. The Kier molecular flexibility index (Phi) is 3.28. The molecule has 0 unspecified atom stereocenters. The second kappa shape index (κ2) is 4.25. The van der Waals surface area contributed by atoms with E-state index in [-0.39, 0.29) is 24.0 Å². The van der Waals surface area contributed by atoms with Crippen LogP contribution in [0.3, 0.4) is 0 Å². The number of aromatic amines is 1. The van der Waals surface area contributed by atoms with Crippen LogP contribution >= 0.6 is 0 Å². The van der Waals surface area contributed by atoms with E-state index in [1.165, 1.54) is 0 Å². The number of oxazole rings is 1. The topological polar surface area (TPSA) is 27.3 Å². The number of nitrogens with one attached hydrogen (secondary N) is 1. The summed E-state index contributed by atoms with van der Waals surface area (Å²) in [5.74, 6) is 0.797. The van der Waals surface area contributed by atoms with Gasteiger partial charge in [0.1, 0.15) is 0 Å². The van der Waals surface area contributed by atoms with Crippen molar-refractivity contribution in [3.8, 4) is 11.5 Å². The van der Waals surface area contributed by atoms with Crippen molar-refractivity contribution in [2.75, 3.05) is 0 Å². The monoisotopic (exact) mass is 273 g/mol. The Labute approximate surface area is 87.6 Å². The van der Waals surface area contributed by atoms with Gasteiger partial charge in [-0.05, 0) is 12.1 Å². The minimum atomic E-state index is 0. The Morgan fingerprint density at radius 2 is 1.83 bits per heavy atom. The molecule has 0 radical (unpaired) electrons. The molecule has 2 rings (SSSR count). The molecule has 0 aliphatic rings. The number of hydrogen-bond acceptors (Lipinski definition) is 1. The first-order valence-electron chi connectivity index (χ1n) is 3.47. The second-order valence-electron chi connectivity index (χ2n) is 2.26. The molecule has 0 fully saturated rings. The summed E-state index contributed by atoms with van der Waals surface area (Å²) in [6.07, 6.45) is 3.39. The van der Waals surface area contributed by atoms with E-state index in [0.717, 1.165) is 11.5 Å². The molecule has 12 heavy (non-hydrogen) atoms. The number of aromatic nitrogens is 1. The molecule has 1 heterocycles. The molecule has 1 aromatic carbocycles. The van der Waals surface area contributed by atoms with Gasteiger partial charge in [0.15, 0.2) is 6.26 Å². The third-order valence-corrected chi connectivity index (χ3v) is 1.50. The zero-order valence-electron chi connectivity index (χ0n) is 6.33. The van der Waals surface area contributed by atoms with Crippen molar-refractivity contribution >= 4 is 0 Å². The normalized spacial score (nSPS) is 9.00. The van der Waals surface area contributed by atoms with Crippen LogP contribution in [0.15, 0.2) is 47.2 Å². The highest BCUT2D eigenvalue weighted by Gasteiger charge is 2.05. The summed E-state index contributed by atoms with van der Waals surface area (Å²) in [6, 6.07) is 9.93. The molecule has 0 saturated carbocycles. The number of H-pyrrole nitrogens is 1. The molecule has 62 valence electrons. The number of rotatable bonds is 1. The van der Waals surface area contributed by atoms with Gasteiger partial charge in [-0.1, -0.05) is 18.2 Å². The molecule has 0 atom stereocenters. The van der Waals surface area contributed by atoms with Gasteiger partial charge in [0.25, 0.3) is 0 Å². The first kappa shape index (κ1) is 9.25. The zero-order chi connectivity index (χ0) is 7.52. The van der Waals surface area contributed by atoms with E-state index in [1.807, 2.05) is 30.3 Å². The lowest BCUT2D eigenvalue weighted by Crippen LogP contribution is -3.00. The largest absolute Gasteiger partial charge is 1.00 e. The molecular weight excluding hydrogens is 265 g/mol. The van der Waals surface area contributed by atoms with E-state index in [2.05, 4.69) is 4.98 Å².